The Morgan fingerprint density at radius 2 is 1.90 bits per heavy atom. The summed E-state index contributed by atoms with van der Waals surface area (Å²) in [5.74, 6) is -2.64. The minimum absolute atomic E-state index is 0.124. The summed E-state index contributed by atoms with van der Waals surface area (Å²) in [5.41, 5.74) is 6.44. The van der Waals surface area contributed by atoms with E-state index >= 15 is 0 Å². The van der Waals surface area contributed by atoms with Gasteiger partial charge in [0.25, 0.3) is 0 Å². The first kappa shape index (κ1) is 14.7. The molecule has 1 aromatic rings. The van der Waals surface area contributed by atoms with Crippen molar-refractivity contribution in [3.8, 4) is 0 Å². The second kappa shape index (κ2) is 5.21. The highest BCUT2D eigenvalue weighted by molar-refractivity contribution is 7.91. The number of hydrogen-bond donors (Lipinski definition) is 1. The van der Waals surface area contributed by atoms with Gasteiger partial charge in [0.15, 0.2) is 0 Å². The summed E-state index contributed by atoms with van der Waals surface area (Å²) in [6.07, 6.45) is 2.01. The number of anilines is 1. The molecule has 0 amide bonds. The number of fused-ring (bicyclic) bond motifs is 1. The number of nitrogens with two attached hydrogens (primary N) is 1. The fourth-order valence-corrected chi connectivity index (χ4v) is 4.51. The summed E-state index contributed by atoms with van der Waals surface area (Å²) >= 11 is 0. The molecule has 2 N–H and O–H groups in total. The summed E-state index contributed by atoms with van der Waals surface area (Å²) in [6, 6.07) is 6.13. The lowest BCUT2D eigenvalue weighted by molar-refractivity contribution is 0.235. The maximum atomic E-state index is 12.8. The predicted octanol–water partition coefficient (Wildman–Crippen LogP) is 1.86. The van der Waals surface area contributed by atoms with E-state index in [2.05, 4.69) is 0 Å². The average molecular weight is 316 g/mol. The van der Waals surface area contributed by atoms with E-state index in [1.165, 1.54) is 12.1 Å². The molecule has 1 saturated heterocycles. The number of para-hydroxylation sites is 1. The minimum atomic E-state index is -4.59. The van der Waals surface area contributed by atoms with Gasteiger partial charge in [-0.15, -0.1) is 0 Å². The van der Waals surface area contributed by atoms with Gasteiger partial charge in [-0.05, 0) is 36.8 Å². The van der Waals surface area contributed by atoms with Crippen molar-refractivity contribution >= 4 is 15.5 Å². The Labute approximate surface area is 122 Å². The van der Waals surface area contributed by atoms with E-state index in [1.54, 1.807) is 12.1 Å². The third-order valence-electron chi connectivity index (χ3n) is 4.66. The van der Waals surface area contributed by atoms with Gasteiger partial charge in [0.1, 0.15) is 0 Å². The number of benzene rings is 1. The van der Waals surface area contributed by atoms with Crippen molar-refractivity contribution in [3.05, 3.63) is 24.3 Å². The Bertz CT molecular complexity index is 636. The normalized spacial score (nSPS) is 29.1. The predicted molar refractivity (Wildman–Crippen MR) is 76.0 cm³/mol. The first-order valence-electron chi connectivity index (χ1n) is 7.03. The maximum Gasteiger partial charge on any atom is 0.341 e. The Morgan fingerprint density at radius 1 is 1.19 bits per heavy atom. The molecule has 3 rings (SSSR count). The fourth-order valence-electron chi connectivity index (χ4n) is 3.56. The molecule has 116 valence electrons. The van der Waals surface area contributed by atoms with Gasteiger partial charge in [-0.2, -0.15) is 8.78 Å². The highest BCUT2D eigenvalue weighted by Crippen LogP contribution is 2.41. The number of nitrogens with zero attached hydrogens (tertiary/aromatic N) is 1. The van der Waals surface area contributed by atoms with E-state index in [4.69, 9.17) is 5.73 Å². The van der Waals surface area contributed by atoms with E-state index in [9.17, 15) is 17.2 Å². The van der Waals surface area contributed by atoms with Crippen molar-refractivity contribution < 1.29 is 17.2 Å². The van der Waals surface area contributed by atoms with Crippen LogP contribution in [0.25, 0.3) is 0 Å². The van der Waals surface area contributed by atoms with Gasteiger partial charge < -0.3 is 10.6 Å². The van der Waals surface area contributed by atoms with Crippen molar-refractivity contribution in [2.75, 3.05) is 18.0 Å². The zero-order chi connectivity index (χ0) is 15.2. The van der Waals surface area contributed by atoms with Crippen LogP contribution in [0.5, 0.6) is 0 Å². The molecule has 3 unspecified atom stereocenters. The molecule has 1 aliphatic carbocycles. The van der Waals surface area contributed by atoms with Crippen LogP contribution in [0.3, 0.4) is 0 Å². The lowest BCUT2D eigenvalue weighted by Gasteiger charge is -2.23. The lowest BCUT2D eigenvalue weighted by atomic mass is 9.98. The van der Waals surface area contributed by atoms with Crippen LogP contribution in [-0.4, -0.2) is 33.3 Å². The third-order valence-corrected chi connectivity index (χ3v) is 6.09. The van der Waals surface area contributed by atoms with Crippen molar-refractivity contribution in [3.63, 3.8) is 0 Å². The molecule has 3 atom stereocenters. The van der Waals surface area contributed by atoms with E-state index in [1.807, 2.05) is 4.90 Å². The molecular formula is C14H18F2N2O2S. The van der Waals surface area contributed by atoms with E-state index in [-0.39, 0.29) is 10.9 Å². The fraction of sp³-hybridized carbons (Fsp3) is 0.571. The molecule has 21 heavy (non-hydrogen) atoms. The molecule has 0 radical (unpaired) electrons. The van der Waals surface area contributed by atoms with Gasteiger partial charge in [-0.25, -0.2) is 8.42 Å². The molecule has 0 bridgehead atoms. The van der Waals surface area contributed by atoms with E-state index in [0.717, 1.165) is 12.8 Å². The molecule has 2 fully saturated rings. The second-order valence-electron chi connectivity index (χ2n) is 5.84. The molecule has 1 saturated carbocycles. The Kier molecular flexibility index (Phi) is 3.65. The zero-order valence-corrected chi connectivity index (χ0v) is 12.3. The van der Waals surface area contributed by atoms with Crippen molar-refractivity contribution in [1.82, 2.24) is 0 Å². The van der Waals surface area contributed by atoms with Crippen LogP contribution in [-0.2, 0) is 9.84 Å². The Hall–Kier alpha value is -1.21. The van der Waals surface area contributed by atoms with Gasteiger partial charge in [-0.3, -0.25) is 0 Å². The van der Waals surface area contributed by atoms with Crippen LogP contribution in [0.4, 0.5) is 14.5 Å². The summed E-state index contributed by atoms with van der Waals surface area (Å²) in [5, 5.41) is 0. The Balaban J connectivity index is 1.94. The number of alkyl halides is 2. The van der Waals surface area contributed by atoms with Crippen LogP contribution in [0.15, 0.2) is 29.2 Å². The van der Waals surface area contributed by atoms with Gasteiger partial charge in [-0.1, -0.05) is 12.1 Å². The molecule has 2 aliphatic rings. The quantitative estimate of drug-likeness (QED) is 0.924. The summed E-state index contributed by atoms with van der Waals surface area (Å²) in [4.78, 5) is 1.61. The number of sulfone groups is 1. The molecule has 1 heterocycles. The average Bonchev–Trinajstić information content (AvgIpc) is 3.01. The SMILES string of the molecule is NC1CCC2CN(c3ccccc3S(=O)(=O)C(F)F)CC12. The minimum Gasteiger partial charge on any atom is -0.370 e. The van der Waals surface area contributed by atoms with Gasteiger partial charge >= 0.3 is 5.76 Å². The highest BCUT2D eigenvalue weighted by atomic mass is 32.2. The molecule has 4 nitrogen and oxygen atoms in total. The van der Waals surface area contributed by atoms with E-state index < -0.39 is 15.6 Å². The molecule has 0 aromatic heterocycles. The molecule has 7 heteroatoms. The van der Waals surface area contributed by atoms with Crippen molar-refractivity contribution in [2.45, 2.75) is 29.5 Å². The van der Waals surface area contributed by atoms with Gasteiger partial charge in [0, 0.05) is 19.1 Å². The topological polar surface area (TPSA) is 63.4 Å². The van der Waals surface area contributed by atoms with Crippen LogP contribution < -0.4 is 10.6 Å². The maximum absolute atomic E-state index is 12.8. The van der Waals surface area contributed by atoms with Gasteiger partial charge in [0.2, 0.25) is 9.84 Å². The number of hydrogen-bond acceptors (Lipinski definition) is 4. The molecule has 1 aliphatic heterocycles. The number of halogens is 2. The van der Waals surface area contributed by atoms with Crippen molar-refractivity contribution in [2.24, 2.45) is 17.6 Å². The van der Waals surface area contributed by atoms with Crippen LogP contribution in [0.1, 0.15) is 12.8 Å². The number of rotatable bonds is 3. The summed E-state index contributed by atoms with van der Waals surface area (Å²) in [7, 11) is -4.59. The molecule has 1 aromatic carbocycles. The molecular weight excluding hydrogens is 298 g/mol. The first-order chi connectivity index (χ1) is 9.91. The zero-order valence-electron chi connectivity index (χ0n) is 11.5. The highest BCUT2D eigenvalue weighted by Gasteiger charge is 2.42. The Morgan fingerprint density at radius 3 is 2.57 bits per heavy atom. The first-order valence-corrected chi connectivity index (χ1v) is 8.57. The lowest BCUT2D eigenvalue weighted by Crippen LogP contribution is -2.30. The standard InChI is InChI=1S/C14H18F2N2O2S/c15-14(16)21(19,20)13-4-2-1-3-12(13)18-7-9-5-6-11(17)10(9)8-18/h1-4,9-11,14H,5-8,17H2. The second-order valence-corrected chi connectivity index (χ2v) is 7.73. The smallest absolute Gasteiger partial charge is 0.341 e. The third kappa shape index (κ3) is 2.42. The molecule has 0 spiro atoms. The van der Waals surface area contributed by atoms with E-state index in [0.29, 0.717) is 30.6 Å². The summed E-state index contributed by atoms with van der Waals surface area (Å²) in [6.45, 7) is 1.33. The van der Waals surface area contributed by atoms with Crippen LogP contribution >= 0.6 is 0 Å². The summed E-state index contributed by atoms with van der Waals surface area (Å²) < 4.78 is 49.3. The van der Waals surface area contributed by atoms with Crippen LogP contribution in [0.2, 0.25) is 0 Å². The van der Waals surface area contributed by atoms with Crippen molar-refractivity contribution in [1.29, 1.82) is 0 Å². The van der Waals surface area contributed by atoms with Gasteiger partial charge in [0.05, 0.1) is 10.6 Å². The monoisotopic (exact) mass is 316 g/mol. The largest absolute Gasteiger partial charge is 0.370 e. The van der Waals surface area contributed by atoms with Crippen LogP contribution in [0, 0.1) is 11.8 Å².